The number of anilines is 1. The first-order valence-electron chi connectivity index (χ1n) is 7.74. The lowest BCUT2D eigenvalue weighted by Crippen LogP contribution is -2.16. The Hall–Kier alpha value is -3.38. The van der Waals surface area contributed by atoms with Crippen molar-refractivity contribution in [3.63, 3.8) is 0 Å². The van der Waals surface area contributed by atoms with Crippen LogP contribution in [0.3, 0.4) is 0 Å². The van der Waals surface area contributed by atoms with E-state index in [2.05, 4.69) is 15.3 Å². The second kappa shape index (κ2) is 6.85. The zero-order valence-corrected chi connectivity index (χ0v) is 14.1. The molecule has 26 heavy (non-hydrogen) atoms. The van der Waals surface area contributed by atoms with Crippen molar-refractivity contribution in [2.45, 2.75) is 0 Å². The van der Waals surface area contributed by atoms with E-state index in [1.165, 1.54) is 0 Å². The molecular formula is C19H12ClN3O3. The number of carbonyl (C=O) groups is 1. The van der Waals surface area contributed by atoms with E-state index < -0.39 is 6.09 Å². The molecule has 7 heteroatoms. The van der Waals surface area contributed by atoms with Gasteiger partial charge in [0.25, 0.3) is 0 Å². The fourth-order valence-corrected chi connectivity index (χ4v) is 2.57. The lowest BCUT2D eigenvalue weighted by molar-refractivity contribution is 0.215. The van der Waals surface area contributed by atoms with E-state index in [1.54, 1.807) is 54.7 Å². The minimum absolute atomic E-state index is 0.334. The van der Waals surface area contributed by atoms with Crippen LogP contribution in [0.15, 0.2) is 71.3 Å². The Balaban J connectivity index is 1.53. The van der Waals surface area contributed by atoms with E-state index in [-0.39, 0.29) is 0 Å². The minimum Gasteiger partial charge on any atom is -0.435 e. The molecule has 1 N–H and O–H groups in total. The summed E-state index contributed by atoms with van der Waals surface area (Å²) in [6.07, 6.45) is 1.04. The molecule has 2 aromatic heterocycles. The fraction of sp³-hybridized carbons (Fsp3) is 0. The predicted octanol–water partition coefficient (Wildman–Crippen LogP) is 5.15. The van der Waals surface area contributed by atoms with Gasteiger partial charge in [-0.2, -0.15) is 0 Å². The molecule has 0 aliphatic carbocycles. The van der Waals surface area contributed by atoms with Crippen molar-refractivity contribution in [1.29, 1.82) is 0 Å². The van der Waals surface area contributed by atoms with Gasteiger partial charge in [0, 0.05) is 23.0 Å². The first-order chi connectivity index (χ1) is 12.7. The van der Waals surface area contributed by atoms with E-state index in [0.717, 1.165) is 0 Å². The fourth-order valence-electron chi connectivity index (χ4n) is 2.38. The van der Waals surface area contributed by atoms with Crippen molar-refractivity contribution in [2.75, 3.05) is 5.32 Å². The SMILES string of the molecule is O=C(Nc1cccc(Cl)c1)Oc1ccc2nc(-c3ccccn3)oc2c1. The number of halogens is 1. The van der Waals surface area contributed by atoms with Crippen LogP contribution in [-0.2, 0) is 0 Å². The predicted molar refractivity (Wildman–Crippen MR) is 98.3 cm³/mol. The van der Waals surface area contributed by atoms with Gasteiger partial charge < -0.3 is 9.15 Å². The van der Waals surface area contributed by atoms with Gasteiger partial charge in [0.15, 0.2) is 5.58 Å². The number of rotatable bonds is 3. The standard InChI is InChI=1S/C19H12ClN3O3/c20-12-4-3-5-13(10-12)22-19(24)25-14-7-8-15-17(11-14)26-18(23-15)16-6-1-2-9-21-16/h1-11H,(H,22,24). The van der Waals surface area contributed by atoms with Crippen molar-refractivity contribution in [3.8, 4) is 17.3 Å². The number of fused-ring (bicyclic) bond motifs is 1. The van der Waals surface area contributed by atoms with E-state index in [9.17, 15) is 4.79 Å². The van der Waals surface area contributed by atoms with Crippen molar-refractivity contribution in [3.05, 3.63) is 71.9 Å². The Morgan fingerprint density at radius 1 is 1.08 bits per heavy atom. The lowest BCUT2D eigenvalue weighted by Gasteiger charge is -2.06. The van der Waals surface area contributed by atoms with Crippen LogP contribution in [0, 0.1) is 0 Å². The van der Waals surface area contributed by atoms with E-state index in [0.29, 0.717) is 39.1 Å². The smallest absolute Gasteiger partial charge is 0.417 e. The van der Waals surface area contributed by atoms with Gasteiger partial charge >= 0.3 is 6.09 Å². The Morgan fingerprint density at radius 3 is 2.81 bits per heavy atom. The highest BCUT2D eigenvalue weighted by Crippen LogP contribution is 2.26. The number of pyridine rings is 1. The summed E-state index contributed by atoms with van der Waals surface area (Å²) < 4.78 is 11.0. The van der Waals surface area contributed by atoms with Crippen LogP contribution in [0.5, 0.6) is 5.75 Å². The number of oxazole rings is 1. The molecule has 0 radical (unpaired) electrons. The third-order valence-electron chi connectivity index (χ3n) is 3.53. The van der Waals surface area contributed by atoms with Crippen LogP contribution in [-0.4, -0.2) is 16.1 Å². The molecule has 0 aliphatic rings. The summed E-state index contributed by atoms with van der Waals surface area (Å²) in [5.41, 5.74) is 2.32. The van der Waals surface area contributed by atoms with Crippen LogP contribution in [0.4, 0.5) is 10.5 Å². The zero-order chi connectivity index (χ0) is 17.9. The summed E-state index contributed by atoms with van der Waals surface area (Å²) in [5.74, 6) is 0.738. The highest BCUT2D eigenvalue weighted by atomic mass is 35.5. The van der Waals surface area contributed by atoms with Gasteiger partial charge in [0.2, 0.25) is 5.89 Å². The topological polar surface area (TPSA) is 77.2 Å². The van der Waals surface area contributed by atoms with Crippen molar-refractivity contribution >= 4 is 34.5 Å². The first kappa shape index (κ1) is 16.1. The molecule has 0 aliphatic heterocycles. The maximum absolute atomic E-state index is 12.0. The third kappa shape index (κ3) is 3.50. The Kier molecular flexibility index (Phi) is 4.25. The number of nitrogens with one attached hydrogen (secondary N) is 1. The quantitative estimate of drug-likeness (QED) is 0.543. The second-order valence-corrected chi connectivity index (χ2v) is 5.82. The molecule has 2 aromatic carbocycles. The summed E-state index contributed by atoms with van der Waals surface area (Å²) in [6.45, 7) is 0. The van der Waals surface area contributed by atoms with Crippen molar-refractivity contribution in [1.82, 2.24) is 9.97 Å². The molecule has 128 valence electrons. The van der Waals surface area contributed by atoms with Gasteiger partial charge in [-0.1, -0.05) is 23.7 Å². The Bertz CT molecular complexity index is 1080. The number of aromatic nitrogens is 2. The molecule has 6 nitrogen and oxygen atoms in total. The van der Waals surface area contributed by atoms with Gasteiger partial charge in [-0.3, -0.25) is 10.3 Å². The first-order valence-corrected chi connectivity index (χ1v) is 8.11. The summed E-state index contributed by atoms with van der Waals surface area (Å²) in [6, 6.07) is 17.2. The number of hydrogen-bond acceptors (Lipinski definition) is 5. The molecule has 0 spiro atoms. The van der Waals surface area contributed by atoms with Gasteiger partial charge in [-0.05, 0) is 42.5 Å². The average molecular weight is 366 g/mol. The molecule has 0 saturated carbocycles. The average Bonchev–Trinajstić information content (AvgIpc) is 3.06. The van der Waals surface area contributed by atoms with Crippen LogP contribution in [0.2, 0.25) is 5.02 Å². The highest BCUT2D eigenvalue weighted by Gasteiger charge is 2.12. The number of hydrogen-bond donors (Lipinski definition) is 1. The summed E-state index contributed by atoms with van der Waals surface area (Å²) in [7, 11) is 0. The molecular weight excluding hydrogens is 354 g/mol. The number of carbonyl (C=O) groups excluding carboxylic acids is 1. The second-order valence-electron chi connectivity index (χ2n) is 5.39. The molecule has 0 saturated heterocycles. The maximum atomic E-state index is 12.0. The van der Waals surface area contributed by atoms with Gasteiger partial charge in [-0.15, -0.1) is 0 Å². The number of ether oxygens (including phenoxy) is 1. The summed E-state index contributed by atoms with van der Waals surface area (Å²) in [4.78, 5) is 20.6. The van der Waals surface area contributed by atoms with E-state index in [4.69, 9.17) is 20.8 Å². The highest BCUT2D eigenvalue weighted by molar-refractivity contribution is 6.30. The minimum atomic E-state index is -0.629. The lowest BCUT2D eigenvalue weighted by atomic mass is 10.3. The number of amides is 1. The van der Waals surface area contributed by atoms with Crippen LogP contribution in [0.1, 0.15) is 0 Å². The molecule has 0 unspecified atom stereocenters. The van der Waals surface area contributed by atoms with Gasteiger partial charge in [0.05, 0.1) is 0 Å². The molecule has 0 fully saturated rings. The largest absolute Gasteiger partial charge is 0.435 e. The summed E-state index contributed by atoms with van der Waals surface area (Å²) >= 11 is 5.89. The Morgan fingerprint density at radius 2 is 2.00 bits per heavy atom. The molecule has 1 amide bonds. The van der Waals surface area contributed by atoms with Crippen molar-refractivity contribution < 1.29 is 13.9 Å². The molecule has 0 atom stereocenters. The van der Waals surface area contributed by atoms with E-state index >= 15 is 0 Å². The maximum Gasteiger partial charge on any atom is 0.417 e. The third-order valence-corrected chi connectivity index (χ3v) is 3.76. The number of nitrogens with zero attached hydrogens (tertiary/aromatic N) is 2. The van der Waals surface area contributed by atoms with Crippen LogP contribution in [0.25, 0.3) is 22.7 Å². The summed E-state index contributed by atoms with van der Waals surface area (Å²) in [5, 5.41) is 3.13. The molecule has 0 bridgehead atoms. The van der Waals surface area contributed by atoms with Gasteiger partial charge in [-0.25, -0.2) is 9.78 Å². The molecule has 2 heterocycles. The van der Waals surface area contributed by atoms with Crippen molar-refractivity contribution in [2.24, 2.45) is 0 Å². The van der Waals surface area contributed by atoms with E-state index in [1.807, 2.05) is 12.1 Å². The van der Waals surface area contributed by atoms with Crippen LogP contribution < -0.4 is 10.1 Å². The molecule has 4 rings (SSSR count). The monoisotopic (exact) mass is 365 g/mol. The normalized spacial score (nSPS) is 10.7. The zero-order valence-electron chi connectivity index (χ0n) is 13.3. The van der Waals surface area contributed by atoms with Crippen LogP contribution >= 0.6 is 11.6 Å². The Labute approximate surface area is 153 Å². The molecule has 4 aromatic rings. The van der Waals surface area contributed by atoms with Gasteiger partial charge in [0.1, 0.15) is 17.0 Å². The number of benzene rings is 2.